The van der Waals surface area contributed by atoms with Gasteiger partial charge in [-0.1, -0.05) is 107 Å². The van der Waals surface area contributed by atoms with Crippen LogP contribution in [-0.2, 0) is 46.5 Å². The fourth-order valence-corrected chi connectivity index (χ4v) is 5.44. The third kappa shape index (κ3) is 12.5. The van der Waals surface area contributed by atoms with Crippen LogP contribution < -0.4 is 32.7 Å². The molecule has 0 aliphatic carbocycles. The number of Topliss-reactive ketones (excluding diaryl/α,β-unsaturated/α-hetero) is 1. The highest BCUT2D eigenvalue weighted by molar-refractivity contribution is 6.39. The van der Waals surface area contributed by atoms with Gasteiger partial charge in [0.2, 0.25) is 29.4 Å². The first-order valence-corrected chi connectivity index (χ1v) is 17.2. The Hall–Kier alpha value is -5.79. The summed E-state index contributed by atoms with van der Waals surface area (Å²) < 4.78 is 5.27. The van der Waals surface area contributed by atoms with Gasteiger partial charge in [-0.2, -0.15) is 0 Å². The molecule has 3 rings (SSSR count). The molecule has 0 radical (unpaired) electrons. The highest BCUT2D eigenvalue weighted by Gasteiger charge is 2.36. The zero-order valence-corrected chi connectivity index (χ0v) is 29.8. The second-order valence-corrected chi connectivity index (χ2v) is 13.2. The Balaban J connectivity index is 1.72. The molecule has 5 atom stereocenters. The fraction of sp³-hybridized carbons (Fsp3) is 0.395. The van der Waals surface area contributed by atoms with Crippen molar-refractivity contribution >= 4 is 52.2 Å². The van der Waals surface area contributed by atoms with Gasteiger partial charge in [0.1, 0.15) is 24.7 Å². The van der Waals surface area contributed by atoms with E-state index in [9.17, 15) is 33.6 Å². The van der Waals surface area contributed by atoms with E-state index in [2.05, 4.69) is 21.3 Å². The average Bonchev–Trinajstić information content (AvgIpc) is 3.11. The number of carbonyl (C=O) groups excluding carboxylic acids is 7. The van der Waals surface area contributed by atoms with Gasteiger partial charge in [0.05, 0.1) is 12.5 Å². The zero-order valence-electron chi connectivity index (χ0n) is 29.8. The van der Waals surface area contributed by atoms with Crippen LogP contribution in [0.1, 0.15) is 58.1 Å². The molecule has 14 nitrogen and oxygen atoms in total. The Morgan fingerprint density at radius 2 is 1.33 bits per heavy atom. The predicted molar refractivity (Wildman–Crippen MR) is 194 cm³/mol. The lowest BCUT2D eigenvalue weighted by molar-refractivity contribution is -0.143. The van der Waals surface area contributed by atoms with Crippen LogP contribution >= 0.6 is 0 Å². The van der Waals surface area contributed by atoms with Crippen LogP contribution in [0.3, 0.4) is 0 Å². The number of carbonyl (C=O) groups is 7. The van der Waals surface area contributed by atoms with E-state index in [1.165, 1.54) is 0 Å². The van der Waals surface area contributed by atoms with Gasteiger partial charge in [0, 0.05) is 6.42 Å². The van der Waals surface area contributed by atoms with Crippen LogP contribution in [0.2, 0.25) is 0 Å². The summed E-state index contributed by atoms with van der Waals surface area (Å²) in [5.74, 6) is -6.50. The Bertz CT molecular complexity index is 1750. The smallest absolute Gasteiger partial charge is 0.408 e. The van der Waals surface area contributed by atoms with Gasteiger partial charge in [-0.25, -0.2) is 4.79 Å². The van der Waals surface area contributed by atoms with Gasteiger partial charge in [-0.3, -0.25) is 28.8 Å². The van der Waals surface area contributed by atoms with Crippen LogP contribution in [0.15, 0.2) is 72.8 Å². The van der Waals surface area contributed by atoms with E-state index in [0.717, 1.165) is 16.3 Å². The molecule has 0 aromatic heterocycles. The zero-order chi connectivity index (χ0) is 38.4. The summed E-state index contributed by atoms with van der Waals surface area (Å²) in [6.45, 7) is 7.06. The molecule has 3 aromatic carbocycles. The van der Waals surface area contributed by atoms with E-state index in [0.29, 0.717) is 12.0 Å². The Morgan fingerprint density at radius 3 is 1.94 bits per heavy atom. The average molecular weight is 717 g/mol. The first kappa shape index (κ1) is 40.6. The first-order chi connectivity index (χ1) is 24.7. The third-order valence-electron chi connectivity index (χ3n) is 8.49. The molecule has 0 saturated carbocycles. The van der Waals surface area contributed by atoms with Crippen LogP contribution in [0.25, 0.3) is 10.8 Å². The van der Waals surface area contributed by atoms with E-state index < -0.39 is 77.9 Å². The van der Waals surface area contributed by atoms with E-state index in [1.54, 1.807) is 44.2 Å². The number of rotatable bonds is 19. The largest absolute Gasteiger partial charge is 0.445 e. The molecule has 0 heterocycles. The minimum atomic E-state index is -1.64. The summed E-state index contributed by atoms with van der Waals surface area (Å²) in [6, 6.07) is 16.7. The molecule has 0 aliphatic heterocycles. The Labute approximate surface area is 302 Å². The molecule has 8 N–H and O–H groups in total. The number of alkyl carbamates (subject to hydrolysis) is 1. The maximum absolute atomic E-state index is 13.6. The lowest BCUT2D eigenvalue weighted by Gasteiger charge is -2.27. The number of hydrogen-bond acceptors (Lipinski definition) is 8. The summed E-state index contributed by atoms with van der Waals surface area (Å²) in [7, 11) is 0. The van der Waals surface area contributed by atoms with Gasteiger partial charge in [0.25, 0.3) is 5.91 Å². The number of hydrogen-bond donors (Lipinski definition) is 6. The van der Waals surface area contributed by atoms with Crippen LogP contribution in [-0.4, -0.2) is 65.6 Å². The fourth-order valence-electron chi connectivity index (χ4n) is 5.44. The standard InChI is InChI=1S/C38H48N6O8/c1-5-23(4)32(44-36(49)29(17-22(2)3)43-38(51)52-21-24-11-7-6-8-12-24)33(46)37(50)42-30(20-31(39)45)35(48)41-28(34(40)47)19-25-15-16-26-13-9-10-14-27(26)18-25/h6-16,18,22-23,28-30,32H,5,17,19-21H2,1-4H3,(H2,39,45)(H2,40,47)(H,41,48)(H,42,50)(H,43,51)(H,44,49). The van der Waals surface area contributed by atoms with E-state index in [-0.39, 0.29) is 25.4 Å². The molecule has 5 unspecified atom stereocenters. The molecule has 3 aromatic rings. The minimum absolute atomic E-state index is 0.00950. The normalized spacial score (nSPS) is 13.9. The second kappa shape index (κ2) is 19.6. The molecular weight excluding hydrogens is 668 g/mol. The lowest BCUT2D eigenvalue weighted by Crippen LogP contribution is -2.59. The molecule has 0 spiro atoms. The van der Waals surface area contributed by atoms with Crippen molar-refractivity contribution in [1.29, 1.82) is 0 Å². The van der Waals surface area contributed by atoms with Gasteiger partial charge in [0.15, 0.2) is 0 Å². The topological polar surface area (TPSA) is 229 Å². The van der Waals surface area contributed by atoms with Crippen molar-refractivity contribution in [2.45, 2.75) is 84.2 Å². The number of fused-ring (bicyclic) bond motifs is 1. The monoisotopic (exact) mass is 716 g/mol. The quantitative estimate of drug-likeness (QED) is 0.101. The van der Waals surface area contributed by atoms with Crippen molar-refractivity contribution in [2.24, 2.45) is 23.3 Å². The van der Waals surface area contributed by atoms with Crippen molar-refractivity contribution in [2.75, 3.05) is 0 Å². The van der Waals surface area contributed by atoms with Gasteiger partial charge in [-0.05, 0) is 40.2 Å². The molecular formula is C38H48N6O8. The van der Waals surface area contributed by atoms with Crippen LogP contribution in [0.4, 0.5) is 4.79 Å². The maximum Gasteiger partial charge on any atom is 0.408 e. The lowest BCUT2D eigenvalue weighted by atomic mass is 9.93. The van der Waals surface area contributed by atoms with Gasteiger partial charge >= 0.3 is 6.09 Å². The summed E-state index contributed by atoms with van der Waals surface area (Å²) in [6.07, 6.45) is -0.968. The molecule has 0 bridgehead atoms. The van der Waals surface area contributed by atoms with Crippen molar-refractivity contribution < 1.29 is 38.3 Å². The summed E-state index contributed by atoms with van der Waals surface area (Å²) >= 11 is 0. The van der Waals surface area contributed by atoms with Gasteiger partial charge < -0.3 is 37.5 Å². The first-order valence-electron chi connectivity index (χ1n) is 17.2. The Morgan fingerprint density at radius 1 is 0.692 bits per heavy atom. The van der Waals surface area contributed by atoms with E-state index >= 15 is 0 Å². The van der Waals surface area contributed by atoms with Crippen molar-refractivity contribution in [3.05, 3.63) is 83.9 Å². The second-order valence-electron chi connectivity index (χ2n) is 13.2. The highest BCUT2D eigenvalue weighted by Crippen LogP contribution is 2.17. The van der Waals surface area contributed by atoms with Crippen LogP contribution in [0.5, 0.6) is 0 Å². The number of ether oxygens (including phenoxy) is 1. The minimum Gasteiger partial charge on any atom is -0.445 e. The number of amides is 6. The third-order valence-corrected chi connectivity index (χ3v) is 8.49. The molecule has 0 fully saturated rings. The van der Waals surface area contributed by atoms with Crippen molar-refractivity contribution in [3.63, 3.8) is 0 Å². The predicted octanol–water partition coefficient (Wildman–Crippen LogP) is 2.15. The number of nitrogens with one attached hydrogen (secondary N) is 4. The summed E-state index contributed by atoms with van der Waals surface area (Å²) in [5, 5.41) is 11.7. The number of primary amides is 2. The van der Waals surface area contributed by atoms with E-state index in [4.69, 9.17) is 16.2 Å². The van der Waals surface area contributed by atoms with Crippen LogP contribution in [0, 0.1) is 11.8 Å². The molecule has 0 aliphatic rings. The summed E-state index contributed by atoms with van der Waals surface area (Å²) in [5.41, 5.74) is 12.4. The maximum atomic E-state index is 13.6. The number of ketones is 1. The molecule has 6 amide bonds. The number of nitrogens with two attached hydrogens (primary N) is 2. The van der Waals surface area contributed by atoms with Crippen molar-refractivity contribution in [3.8, 4) is 0 Å². The highest BCUT2D eigenvalue weighted by atomic mass is 16.5. The van der Waals surface area contributed by atoms with Crippen molar-refractivity contribution in [1.82, 2.24) is 21.3 Å². The molecule has 52 heavy (non-hydrogen) atoms. The molecule has 14 heteroatoms. The van der Waals surface area contributed by atoms with E-state index in [1.807, 2.05) is 56.3 Å². The number of benzene rings is 3. The summed E-state index contributed by atoms with van der Waals surface area (Å²) in [4.78, 5) is 90.7. The SMILES string of the molecule is CCC(C)C(NC(=O)C(CC(C)C)NC(=O)OCc1ccccc1)C(=O)C(=O)NC(CC(N)=O)C(=O)NC(Cc1ccc2ccccc2c1)C(N)=O. The molecule has 0 saturated heterocycles. The van der Waals surface area contributed by atoms with Gasteiger partial charge in [-0.15, -0.1) is 0 Å². The Kier molecular flexibility index (Phi) is 15.3. The molecule has 278 valence electrons.